The molecule has 0 radical (unpaired) electrons. The van der Waals surface area contributed by atoms with Gasteiger partial charge in [-0.15, -0.1) is 0 Å². The molecule has 0 bridgehead atoms. The highest BCUT2D eigenvalue weighted by atomic mass is 32.2. The fourth-order valence-corrected chi connectivity index (χ4v) is 1.52. The van der Waals surface area contributed by atoms with Crippen molar-refractivity contribution < 1.29 is 4.52 Å². The molecular weight excluding hydrogens is 198 g/mol. The fourth-order valence-electron chi connectivity index (χ4n) is 1.02. The lowest BCUT2D eigenvalue weighted by molar-refractivity contribution is 0.372. The van der Waals surface area contributed by atoms with Gasteiger partial charge in [0.25, 0.3) is 0 Å². The van der Waals surface area contributed by atoms with Gasteiger partial charge in [-0.2, -0.15) is 16.7 Å². The Bertz CT molecular complexity index is 252. The zero-order valence-electron chi connectivity index (χ0n) is 8.75. The minimum Gasteiger partial charge on any atom is -0.339 e. The van der Waals surface area contributed by atoms with E-state index in [1.54, 1.807) is 11.8 Å². The Kier molecular flexibility index (Phi) is 5.63. The maximum absolute atomic E-state index is 5.09. The fraction of sp³-hybridized carbons (Fsp3) is 0.778. The lowest BCUT2D eigenvalue weighted by Crippen LogP contribution is -2.16. The number of hydrogen-bond donors (Lipinski definition) is 1. The van der Waals surface area contributed by atoms with E-state index in [-0.39, 0.29) is 0 Å². The van der Waals surface area contributed by atoms with Gasteiger partial charge in [-0.3, -0.25) is 0 Å². The first-order valence-electron chi connectivity index (χ1n) is 4.96. The first-order chi connectivity index (χ1) is 6.86. The Balaban J connectivity index is 2.27. The molecule has 0 aliphatic heterocycles. The van der Waals surface area contributed by atoms with Crippen molar-refractivity contribution in [2.75, 3.05) is 18.8 Å². The van der Waals surface area contributed by atoms with Crippen LogP contribution in [0.4, 0.5) is 0 Å². The van der Waals surface area contributed by atoms with Crippen LogP contribution in [0.5, 0.6) is 0 Å². The van der Waals surface area contributed by atoms with Crippen LogP contribution in [0.1, 0.15) is 25.6 Å². The van der Waals surface area contributed by atoms with E-state index in [0.29, 0.717) is 0 Å². The molecule has 0 aliphatic rings. The van der Waals surface area contributed by atoms with E-state index in [0.717, 1.165) is 42.7 Å². The zero-order valence-corrected chi connectivity index (χ0v) is 9.56. The summed E-state index contributed by atoms with van der Waals surface area (Å²) >= 11 is 1.80. The highest BCUT2D eigenvalue weighted by Gasteiger charge is 2.04. The van der Waals surface area contributed by atoms with Crippen molar-refractivity contribution in [2.24, 2.45) is 0 Å². The number of nitrogens with one attached hydrogen (secondary N) is 1. The summed E-state index contributed by atoms with van der Waals surface area (Å²) in [4.78, 5) is 4.28. The lowest BCUT2D eigenvalue weighted by Gasteiger charge is -1.95. The van der Waals surface area contributed by atoms with E-state index >= 15 is 0 Å². The molecule has 80 valence electrons. The van der Waals surface area contributed by atoms with Crippen molar-refractivity contribution in [3.8, 4) is 0 Å². The number of likely N-dealkylation sites (N-methyl/N-ethyl adjacent to an activating group) is 1. The largest absolute Gasteiger partial charge is 0.339 e. The Hall–Kier alpha value is -0.550. The average Bonchev–Trinajstić information content (AvgIpc) is 2.63. The molecule has 14 heavy (non-hydrogen) atoms. The molecule has 0 atom stereocenters. The average molecular weight is 215 g/mol. The molecule has 0 aromatic carbocycles. The number of thioether (sulfide) groups is 1. The van der Waals surface area contributed by atoms with E-state index in [2.05, 4.69) is 29.3 Å². The molecule has 1 aromatic heterocycles. The third-order valence-electron chi connectivity index (χ3n) is 1.71. The van der Waals surface area contributed by atoms with Crippen LogP contribution in [0.25, 0.3) is 0 Å². The minimum absolute atomic E-state index is 0.734. The number of nitrogens with zero attached hydrogens (tertiary/aromatic N) is 2. The van der Waals surface area contributed by atoms with Crippen molar-refractivity contribution >= 4 is 11.8 Å². The maximum Gasteiger partial charge on any atom is 0.227 e. The first-order valence-corrected chi connectivity index (χ1v) is 6.12. The Morgan fingerprint density at radius 3 is 3.00 bits per heavy atom. The second kappa shape index (κ2) is 6.84. The van der Waals surface area contributed by atoms with Crippen molar-refractivity contribution in [2.45, 2.75) is 26.0 Å². The van der Waals surface area contributed by atoms with E-state index < -0.39 is 0 Å². The highest BCUT2D eigenvalue weighted by molar-refractivity contribution is 7.98. The zero-order chi connectivity index (χ0) is 10.2. The Labute approximate surface area is 88.8 Å². The molecule has 5 heteroatoms. The Morgan fingerprint density at radius 1 is 1.43 bits per heavy atom. The van der Waals surface area contributed by atoms with E-state index in [9.17, 15) is 0 Å². The number of hydrogen-bond acceptors (Lipinski definition) is 5. The molecule has 0 saturated carbocycles. The number of aromatic nitrogens is 2. The summed E-state index contributed by atoms with van der Waals surface area (Å²) in [5.41, 5.74) is 0. The van der Waals surface area contributed by atoms with Gasteiger partial charge in [0.2, 0.25) is 5.89 Å². The molecule has 0 saturated heterocycles. The lowest BCUT2D eigenvalue weighted by atomic mass is 10.4. The smallest absolute Gasteiger partial charge is 0.227 e. The Morgan fingerprint density at radius 2 is 2.29 bits per heavy atom. The van der Waals surface area contributed by atoms with Gasteiger partial charge >= 0.3 is 0 Å². The second-order valence-electron chi connectivity index (χ2n) is 2.85. The molecule has 0 aliphatic carbocycles. The summed E-state index contributed by atoms with van der Waals surface area (Å²) in [5.74, 6) is 3.48. The molecule has 1 rings (SSSR count). The summed E-state index contributed by atoms with van der Waals surface area (Å²) in [6, 6.07) is 0. The van der Waals surface area contributed by atoms with E-state index in [1.807, 2.05) is 0 Å². The quantitative estimate of drug-likeness (QED) is 0.698. The monoisotopic (exact) mass is 215 g/mol. The van der Waals surface area contributed by atoms with E-state index in [4.69, 9.17) is 4.52 Å². The normalized spacial score (nSPS) is 10.7. The second-order valence-corrected chi connectivity index (χ2v) is 4.12. The van der Waals surface area contributed by atoms with Crippen LogP contribution in [-0.4, -0.2) is 29.0 Å². The number of rotatable bonds is 7. The predicted molar refractivity (Wildman–Crippen MR) is 58.4 cm³/mol. The van der Waals surface area contributed by atoms with Crippen molar-refractivity contribution in [1.82, 2.24) is 15.5 Å². The van der Waals surface area contributed by atoms with Gasteiger partial charge in [0, 0.05) is 13.0 Å². The van der Waals surface area contributed by atoms with Gasteiger partial charge in [-0.25, -0.2) is 0 Å². The molecule has 1 heterocycles. The molecule has 1 aromatic rings. The maximum atomic E-state index is 5.09. The molecule has 0 amide bonds. The van der Waals surface area contributed by atoms with Crippen molar-refractivity contribution in [3.63, 3.8) is 0 Å². The summed E-state index contributed by atoms with van der Waals surface area (Å²) in [6.45, 7) is 6.08. The first kappa shape index (κ1) is 11.5. The topological polar surface area (TPSA) is 51.0 Å². The van der Waals surface area contributed by atoms with Crippen LogP contribution >= 0.6 is 11.8 Å². The summed E-state index contributed by atoms with van der Waals surface area (Å²) in [6.07, 6.45) is 0.817. The molecule has 1 N–H and O–H groups in total. The van der Waals surface area contributed by atoms with Gasteiger partial charge < -0.3 is 9.84 Å². The van der Waals surface area contributed by atoms with Gasteiger partial charge in [0.05, 0.1) is 5.75 Å². The van der Waals surface area contributed by atoms with Gasteiger partial charge in [-0.05, 0) is 12.3 Å². The van der Waals surface area contributed by atoms with Crippen LogP contribution in [-0.2, 0) is 12.2 Å². The SMILES string of the molecule is CCNCCc1nc(CSCC)no1. The molecule has 0 unspecified atom stereocenters. The van der Waals surface area contributed by atoms with Crippen LogP contribution in [0.3, 0.4) is 0 Å². The third-order valence-corrected chi connectivity index (χ3v) is 2.58. The van der Waals surface area contributed by atoms with Crippen molar-refractivity contribution in [1.29, 1.82) is 0 Å². The standard InChI is InChI=1S/C9H17N3OS/c1-3-10-6-5-9-11-8(12-13-9)7-14-4-2/h10H,3-7H2,1-2H3. The van der Waals surface area contributed by atoms with Gasteiger partial charge in [0.15, 0.2) is 5.82 Å². The molecular formula is C9H17N3OS. The van der Waals surface area contributed by atoms with Gasteiger partial charge in [-0.1, -0.05) is 19.0 Å². The molecule has 4 nitrogen and oxygen atoms in total. The summed E-state index contributed by atoms with van der Waals surface area (Å²) in [5, 5.41) is 7.11. The molecule has 0 fully saturated rings. The van der Waals surface area contributed by atoms with Crippen LogP contribution in [0.2, 0.25) is 0 Å². The van der Waals surface area contributed by atoms with Crippen LogP contribution in [0, 0.1) is 0 Å². The van der Waals surface area contributed by atoms with Crippen LogP contribution in [0.15, 0.2) is 4.52 Å². The minimum atomic E-state index is 0.734. The van der Waals surface area contributed by atoms with E-state index in [1.165, 1.54) is 0 Å². The van der Waals surface area contributed by atoms with Gasteiger partial charge in [0.1, 0.15) is 0 Å². The summed E-state index contributed by atoms with van der Waals surface area (Å²) < 4.78 is 5.09. The summed E-state index contributed by atoms with van der Waals surface area (Å²) in [7, 11) is 0. The van der Waals surface area contributed by atoms with Crippen molar-refractivity contribution in [3.05, 3.63) is 11.7 Å². The highest BCUT2D eigenvalue weighted by Crippen LogP contribution is 2.08. The third kappa shape index (κ3) is 4.11. The molecule has 0 spiro atoms. The van der Waals surface area contributed by atoms with Crippen LogP contribution < -0.4 is 5.32 Å². The predicted octanol–water partition coefficient (Wildman–Crippen LogP) is 1.47.